The van der Waals surface area contributed by atoms with Crippen LogP contribution < -0.4 is 22.1 Å². The van der Waals surface area contributed by atoms with Gasteiger partial charge in [-0.15, -0.1) is 0 Å². The summed E-state index contributed by atoms with van der Waals surface area (Å²) in [6.45, 7) is 27.7. The van der Waals surface area contributed by atoms with Gasteiger partial charge in [0.15, 0.2) is 0 Å². The summed E-state index contributed by atoms with van der Waals surface area (Å²) in [5, 5.41) is 15.9. The van der Waals surface area contributed by atoms with Crippen LogP contribution >= 0.6 is 0 Å². The highest BCUT2D eigenvalue weighted by molar-refractivity contribution is 5.88. The molecule has 0 spiro atoms. The maximum atomic E-state index is 13.4. The molecule has 6 aromatic rings. The van der Waals surface area contributed by atoms with E-state index >= 15 is 0 Å². The Kier molecular flexibility index (Phi) is 10.1. The molecule has 2 aromatic carbocycles. The van der Waals surface area contributed by atoms with E-state index in [1.54, 1.807) is 4.68 Å². The van der Waals surface area contributed by atoms with Crippen molar-refractivity contribution < 1.29 is 4.39 Å². The Bertz CT molecular complexity index is 2450. The van der Waals surface area contributed by atoms with Gasteiger partial charge in [0.2, 0.25) is 11.9 Å². The SMILES string of the molecule is C=C(N)c1cc(C)c2c(c1)nc(NC(=C)c1cc(C)nn1CC)n2C/C=C/Cn1c(NC(=C)c2cc(C)nn2CCF)nc2cc(C(=C)N)cc(C)c21. The lowest BCUT2D eigenvalue weighted by molar-refractivity contribution is 0.424. The summed E-state index contributed by atoms with van der Waals surface area (Å²) in [6, 6.07) is 11.8. The zero-order valence-corrected chi connectivity index (χ0v) is 31.1. The largest absolute Gasteiger partial charge is 0.399 e. The molecule has 0 unspecified atom stereocenters. The Hall–Kier alpha value is -6.37. The maximum absolute atomic E-state index is 13.4. The number of aryl methyl sites for hydroxylation is 6. The fraction of sp³-hybridized carbons (Fsp3) is 0.250. The van der Waals surface area contributed by atoms with Crippen molar-refractivity contribution >= 4 is 56.8 Å². The molecule has 0 aliphatic rings. The van der Waals surface area contributed by atoms with Crippen molar-refractivity contribution in [2.75, 3.05) is 17.3 Å². The van der Waals surface area contributed by atoms with E-state index in [1.807, 2.05) is 75.7 Å². The standard InChI is InChI=1S/C40H47FN12/c1-10-52-35(19-25(4)48-52)29(8)44-39-46-33-21-31(27(6)42)17-23(2)37(33)50(39)14-11-12-15-51-38-24(3)18-32(28(7)43)22-34(38)47-40(51)45-30(9)36-20-26(5)49-53(36)16-13-41/h11-12,17-22H,6-10,13-16,42-43H2,1-5H3,(H,44,46)(H,45,47)/b12-11+. The number of hydrogen-bond acceptors (Lipinski definition) is 8. The number of benzene rings is 2. The van der Waals surface area contributed by atoms with Crippen LogP contribution in [0.5, 0.6) is 0 Å². The van der Waals surface area contributed by atoms with Gasteiger partial charge in [0, 0.05) is 31.0 Å². The number of nitrogens with one attached hydrogen (secondary N) is 2. The quantitative estimate of drug-likeness (QED) is 0.0812. The molecule has 6 N–H and O–H groups in total. The third-order valence-corrected chi connectivity index (χ3v) is 9.09. The molecule has 0 aliphatic heterocycles. The van der Waals surface area contributed by atoms with Crippen molar-refractivity contribution in [2.24, 2.45) is 11.5 Å². The minimum absolute atomic E-state index is 0.126. The van der Waals surface area contributed by atoms with Gasteiger partial charge in [-0.05, 0) is 93.3 Å². The van der Waals surface area contributed by atoms with Gasteiger partial charge in [0.05, 0.1) is 62.8 Å². The van der Waals surface area contributed by atoms with E-state index in [1.165, 1.54) is 0 Å². The molecule has 4 aromatic heterocycles. The average Bonchev–Trinajstić information content (AvgIpc) is 3.86. The first kappa shape index (κ1) is 36.4. The van der Waals surface area contributed by atoms with E-state index in [0.29, 0.717) is 60.0 Å². The van der Waals surface area contributed by atoms with Gasteiger partial charge < -0.3 is 31.2 Å². The second-order valence-corrected chi connectivity index (χ2v) is 13.2. The molecule has 0 radical (unpaired) electrons. The minimum Gasteiger partial charge on any atom is -0.399 e. The molecule has 274 valence electrons. The third kappa shape index (κ3) is 7.23. The highest BCUT2D eigenvalue weighted by Gasteiger charge is 2.19. The number of rotatable bonds is 15. The number of imidazole rings is 2. The van der Waals surface area contributed by atoms with Gasteiger partial charge in [-0.2, -0.15) is 10.2 Å². The van der Waals surface area contributed by atoms with Gasteiger partial charge in [-0.3, -0.25) is 9.36 Å². The zero-order valence-electron chi connectivity index (χ0n) is 31.1. The Morgan fingerprint density at radius 2 is 1.13 bits per heavy atom. The molecule has 0 aliphatic carbocycles. The average molecular weight is 715 g/mol. The zero-order chi connectivity index (χ0) is 38.1. The Morgan fingerprint density at radius 1 is 0.698 bits per heavy atom. The van der Waals surface area contributed by atoms with E-state index in [-0.39, 0.29) is 6.54 Å². The fourth-order valence-corrected chi connectivity index (χ4v) is 6.70. The number of fused-ring (bicyclic) bond motifs is 2. The van der Waals surface area contributed by atoms with Crippen LogP contribution in [0.1, 0.15) is 52.0 Å². The number of aromatic nitrogens is 8. The molecule has 0 bridgehead atoms. The van der Waals surface area contributed by atoms with Crippen LogP contribution in [0.25, 0.3) is 44.9 Å². The summed E-state index contributed by atoms with van der Waals surface area (Å²) in [7, 11) is 0. The van der Waals surface area contributed by atoms with Gasteiger partial charge in [-0.25, -0.2) is 14.4 Å². The number of allylic oxidation sites excluding steroid dienone is 2. The van der Waals surface area contributed by atoms with E-state index in [2.05, 4.69) is 68.4 Å². The first-order chi connectivity index (χ1) is 25.3. The number of alkyl halides is 1. The summed E-state index contributed by atoms with van der Waals surface area (Å²) in [5.41, 5.74) is 24.7. The van der Waals surface area contributed by atoms with Crippen molar-refractivity contribution in [3.8, 4) is 0 Å². The lowest BCUT2D eigenvalue weighted by atomic mass is 10.1. The molecule has 6 rings (SSSR count). The Labute approximate surface area is 308 Å². The van der Waals surface area contributed by atoms with Gasteiger partial charge in [-0.1, -0.05) is 38.5 Å². The number of anilines is 2. The summed E-state index contributed by atoms with van der Waals surface area (Å²) >= 11 is 0. The normalized spacial score (nSPS) is 11.6. The van der Waals surface area contributed by atoms with Gasteiger partial charge in [0.1, 0.15) is 6.67 Å². The topological polar surface area (TPSA) is 147 Å². The van der Waals surface area contributed by atoms with Crippen molar-refractivity contribution in [1.82, 2.24) is 38.7 Å². The van der Waals surface area contributed by atoms with Crippen molar-refractivity contribution in [1.29, 1.82) is 0 Å². The van der Waals surface area contributed by atoms with E-state index in [4.69, 9.17) is 21.4 Å². The van der Waals surface area contributed by atoms with Gasteiger partial charge >= 0.3 is 0 Å². The molecule has 12 nitrogen and oxygen atoms in total. The highest BCUT2D eigenvalue weighted by Crippen LogP contribution is 2.30. The smallest absolute Gasteiger partial charge is 0.208 e. The predicted octanol–water partition coefficient (Wildman–Crippen LogP) is 7.28. The van der Waals surface area contributed by atoms with Crippen LogP contribution in [-0.2, 0) is 26.2 Å². The summed E-state index contributed by atoms with van der Waals surface area (Å²) in [5.74, 6) is 1.21. The number of nitrogens with zero attached hydrogens (tertiary/aromatic N) is 8. The van der Waals surface area contributed by atoms with Crippen LogP contribution in [0, 0.1) is 27.7 Å². The van der Waals surface area contributed by atoms with Crippen LogP contribution in [0.2, 0.25) is 0 Å². The number of halogens is 1. The molecule has 0 saturated carbocycles. The minimum atomic E-state index is -0.542. The first-order valence-corrected chi connectivity index (χ1v) is 17.4. The summed E-state index contributed by atoms with van der Waals surface area (Å²) in [4.78, 5) is 9.95. The predicted molar refractivity (Wildman–Crippen MR) is 215 cm³/mol. The monoisotopic (exact) mass is 714 g/mol. The molecule has 0 fully saturated rings. The molecule has 53 heavy (non-hydrogen) atoms. The lowest BCUT2D eigenvalue weighted by Gasteiger charge is -2.14. The van der Waals surface area contributed by atoms with E-state index in [9.17, 15) is 4.39 Å². The Balaban J connectivity index is 1.36. The lowest BCUT2D eigenvalue weighted by Crippen LogP contribution is -2.12. The number of hydrogen-bond donors (Lipinski definition) is 4. The van der Waals surface area contributed by atoms with Crippen LogP contribution in [0.4, 0.5) is 16.3 Å². The fourth-order valence-electron chi connectivity index (χ4n) is 6.70. The van der Waals surface area contributed by atoms with Crippen LogP contribution in [0.15, 0.2) is 74.9 Å². The van der Waals surface area contributed by atoms with Crippen molar-refractivity contribution in [3.05, 3.63) is 120 Å². The molecular formula is C40H47FN12. The maximum Gasteiger partial charge on any atom is 0.208 e. The van der Waals surface area contributed by atoms with Crippen molar-refractivity contribution in [2.45, 2.75) is 60.8 Å². The molecule has 0 atom stereocenters. The molecule has 4 heterocycles. The first-order valence-electron chi connectivity index (χ1n) is 17.4. The van der Waals surface area contributed by atoms with Gasteiger partial charge in [0.25, 0.3) is 0 Å². The number of nitrogens with two attached hydrogens (primary N) is 2. The summed E-state index contributed by atoms with van der Waals surface area (Å²) < 4.78 is 21.1. The highest BCUT2D eigenvalue weighted by atomic mass is 19.1. The van der Waals surface area contributed by atoms with Crippen molar-refractivity contribution in [3.63, 3.8) is 0 Å². The molecular weight excluding hydrogens is 668 g/mol. The third-order valence-electron chi connectivity index (χ3n) is 9.09. The van der Waals surface area contributed by atoms with Crippen LogP contribution in [-0.4, -0.2) is 45.3 Å². The van der Waals surface area contributed by atoms with E-state index < -0.39 is 6.67 Å². The summed E-state index contributed by atoms with van der Waals surface area (Å²) in [6.07, 6.45) is 4.19. The Morgan fingerprint density at radius 3 is 1.55 bits per heavy atom. The molecule has 0 amide bonds. The second kappa shape index (κ2) is 14.7. The second-order valence-electron chi connectivity index (χ2n) is 13.2. The van der Waals surface area contributed by atoms with E-state index in [0.717, 1.165) is 61.4 Å². The van der Waals surface area contributed by atoms with Crippen LogP contribution in [0.3, 0.4) is 0 Å². The molecule has 13 heteroatoms. The molecule has 0 saturated heterocycles.